The number of carbonyl (C=O) groups is 2. The van der Waals surface area contributed by atoms with Crippen LogP contribution in [-0.2, 0) is 20.7 Å². The largest absolute Gasteiger partial charge is 0.469 e. The van der Waals surface area contributed by atoms with E-state index in [9.17, 15) is 14.4 Å². The molecular weight excluding hydrogens is 456 g/mol. The molecule has 0 amide bonds. The maximum atomic E-state index is 13.4. The predicted octanol–water partition coefficient (Wildman–Crippen LogP) is 3.81. The van der Waals surface area contributed by atoms with Crippen LogP contribution in [0.1, 0.15) is 35.5 Å². The van der Waals surface area contributed by atoms with Crippen molar-refractivity contribution < 1.29 is 19.1 Å². The van der Waals surface area contributed by atoms with Crippen LogP contribution in [0.4, 0.5) is 5.69 Å². The molecule has 4 aromatic rings. The molecule has 9 nitrogen and oxygen atoms in total. The number of aliphatic imine (C=N–C) groups is 1. The Hall–Kier alpha value is -4.05. The van der Waals surface area contributed by atoms with Gasteiger partial charge in [0.05, 0.1) is 58.6 Å². The number of para-hydroxylation sites is 1. The van der Waals surface area contributed by atoms with E-state index >= 15 is 0 Å². The number of benzene rings is 2. The Morgan fingerprint density at radius 2 is 1.88 bits per heavy atom. The van der Waals surface area contributed by atoms with Gasteiger partial charge in [0.2, 0.25) is 5.13 Å². The van der Waals surface area contributed by atoms with Crippen LogP contribution in [0.5, 0.6) is 0 Å². The number of thiazole rings is 1. The second-order valence-electron chi connectivity index (χ2n) is 7.29. The molecule has 2 aromatic heterocycles. The molecule has 0 spiro atoms. The zero-order valence-corrected chi connectivity index (χ0v) is 19.6. The van der Waals surface area contributed by atoms with Gasteiger partial charge in [-0.05, 0) is 50.2 Å². The van der Waals surface area contributed by atoms with E-state index in [1.807, 2.05) is 24.3 Å². The summed E-state index contributed by atoms with van der Waals surface area (Å²) in [6.45, 7) is 3.71. The van der Waals surface area contributed by atoms with Crippen LogP contribution < -0.4 is 5.56 Å². The molecule has 0 fully saturated rings. The molecular formula is C24H22N4O5S. The first-order valence-electron chi connectivity index (χ1n) is 10.5. The zero-order chi connectivity index (χ0) is 24.2. The highest BCUT2D eigenvalue weighted by Crippen LogP contribution is 2.24. The van der Waals surface area contributed by atoms with Gasteiger partial charge in [0, 0.05) is 0 Å². The fourth-order valence-electron chi connectivity index (χ4n) is 3.43. The lowest BCUT2D eigenvalue weighted by Gasteiger charge is -2.03. The second-order valence-corrected chi connectivity index (χ2v) is 8.30. The van der Waals surface area contributed by atoms with Crippen molar-refractivity contribution in [2.45, 2.75) is 20.3 Å². The minimum absolute atomic E-state index is 0.131. The number of hydrogen-bond donors (Lipinski definition) is 1. The second kappa shape index (κ2) is 9.84. The summed E-state index contributed by atoms with van der Waals surface area (Å²) >= 11 is 1.36. The Labute approximate surface area is 198 Å². The van der Waals surface area contributed by atoms with Crippen LogP contribution in [-0.4, -0.2) is 46.1 Å². The third-order valence-corrected chi connectivity index (χ3v) is 6.05. The first kappa shape index (κ1) is 23.1. The Kier molecular flexibility index (Phi) is 6.69. The van der Waals surface area contributed by atoms with Crippen molar-refractivity contribution >= 4 is 44.9 Å². The molecule has 0 saturated heterocycles. The quantitative estimate of drug-likeness (QED) is 0.319. The predicted molar refractivity (Wildman–Crippen MR) is 130 cm³/mol. The molecule has 0 unspecified atom stereocenters. The highest BCUT2D eigenvalue weighted by atomic mass is 32.1. The standard InChI is InChI=1S/C24H22N4O5S/c1-4-33-23(31)15-9-11-16(12-10-15)25-14(2)21-18(13-20(29)32-3)27-28(22(21)30)24-26-17-7-5-6-8-19(17)34-24/h5-12,27H,4,13H2,1-3H3. The normalized spacial score (nSPS) is 11.6. The van der Waals surface area contributed by atoms with E-state index < -0.39 is 11.9 Å². The van der Waals surface area contributed by atoms with Gasteiger partial charge in [-0.15, -0.1) is 0 Å². The summed E-state index contributed by atoms with van der Waals surface area (Å²) in [5.41, 5.74) is 2.39. The van der Waals surface area contributed by atoms with E-state index in [-0.39, 0.29) is 24.2 Å². The summed E-state index contributed by atoms with van der Waals surface area (Å²) in [7, 11) is 1.29. The van der Waals surface area contributed by atoms with Crippen molar-refractivity contribution in [3.05, 3.63) is 75.7 Å². The van der Waals surface area contributed by atoms with Crippen molar-refractivity contribution in [1.82, 2.24) is 14.8 Å². The maximum Gasteiger partial charge on any atom is 0.338 e. The molecule has 0 bridgehead atoms. The smallest absolute Gasteiger partial charge is 0.338 e. The van der Waals surface area contributed by atoms with E-state index in [1.54, 1.807) is 38.1 Å². The number of nitrogens with one attached hydrogen (secondary N) is 1. The number of fused-ring (bicyclic) bond motifs is 1. The van der Waals surface area contributed by atoms with Crippen LogP contribution >= 0.6 is 11.3 Å². The molecule has 2 heterocycles. The van der Waals surface area contributed by atoms with Crippen molar-refractivity contribution in [3.8, 4) is 5.13 Å². The lowest BCUT2D eigenvalue weighted by atomic mass is 10.1. The number of hydrogen-bond acceptors (Lipinski definition) is 8. The Morgan fingerprint density at radius 3 is 2.56 bits per heavy atom. The summed E-state index contributed by atoms with van der Waals surface area (Å²) < 4.78 is 12.0. The molecule has 0 radical (unpaired) electrons. The summed E-state index contributed by atoms with van der Waals surface area (Å²) in [5.74, 6) is -0.912. The molecule has 34 heavy (non-hydrogen) atoms. The van der Waals surface area contributed by atoms with Gasteiger partial charge >= 0.3 is 11.9 Å². The summed E-state index contributed by atoms with van der Waals surface area (Å²) in [6, 6.07) is 14.1. The average Bonchev–Trinajstić information content (AvgIpc) is 3.40. The third-order valence-electron chi connectivity index (χ3n) is 5.03. The number of ether oxygens (including phenoxy) is 2. The molecule has 0 atom stereocenters. The highest BCUT2D eigenvalue weighted by Gasteiger charge is 2.22. The van der Waals surface area contributed by atoms with Crippen LogP contribution in [0.3, 0.4) is 0 Å². The first-order chi connectivity index (χ1) is 16.4. The first-order valence-corrected chi connectivity index (χ1v) is 11.3. The Bertz CT molecular complexity index is 1410. The van der Waals surface area contributed by atoms with Gasteiger partial charge in [-0.3, -0.25) is 19.7 Å². The van der Waals surface area contributed by atoms with Crippen LogP contribution in [0, 0.1) is 0 Å². The van der Waals surface area contributed by atoms with Gasteiger partial charge in [0.1, 0.15) is 0 Å². The van der Waals surface area contributed by atoms with Gasteiger partial charge in [-0.25, -0.2) is 9.78 Å². The molecule has 0 saturated carbocycles. The Balaban J connectivity index is 1.75. The number of aromatic amines is 1. The summed E-state index contributed by atoms with van der Waals surface area (Å²) in [5, 5.41) is 3.46. The van der Waals surface area contributed by atoms with Crippen molar-refractivity contribution in [1.29, 1.82) is 0 Å². The number of methoxy groups -OCH3 is 1. The van der Waals surface area contributed by atoms with Gasteiger partial charge in [-0.1, -0.05) is 23.5 Å². The average molecular weight is 479 g/mol. The molecule has 2 aromatic carbocycles. The number of aromatic nitrogens is 3. The van der Waals surface area contributed by atoms with E-state index in [4.69, 9.17) is 9.47 Å². The van der Waals surface area contributed by atoms with Crippen molar-refractivity contribution in [2.75, 3.05) is 13.7 Å². The van der Waals surface area contributed by atoms with Crippen LogP contribution in [0.25, 0.3) is 15.3 Å². The lowest BCUT2D eigenvalue weighted by molar-refractivity contribution is -0.139. The fraction of sp³-hybridized carbons (Fsp3) is 0.208. The topological polar surface area (TPSA) is 116 Å². The van der Waals surface area contributed by atoms with Crippen molar-refractivity contribution in [3.63, 3.8) is 0 Å². The SMILES string of the molecule is CCOC(=O)c1ccc(N=C(C)c2c(CC(=O)OC)[nH]n(-c3nc4ccccc4s3)c2=O)cc1. The summed E-state index contributed by atoms with van der Waals surface area (Å²) in [4.78, 5) is 46.3. The van der Waals surface area contributed by atoms with E-state index in [0.717, 1.165) is 10.2 Å². The van der Waals surface area contributed by atoms with Gasteiger partial charge in [-0.2, -0.15) is 4.68 Å². The molecule has 0 aliphatic rings. The van der Waals surface area contributed by atoms with Gasteiger partial charge < -0.3 is 9.47 Å². The van der Waals surface area contributed by atoms with Gasteiger partial charge in [0.25, 0.3) is 5.56 Å². The minimum Gasteiger partial charge on any atom is -0.469 e. The Morgan fingerprint density at radius 1 is 1.15 bits per heavy atom. The number of carbonyl (C=O) groups excluding carboxylic acids is 2. The monoisotopic (exact) mass is 478 g/mol. The van der Waals surface area contributed by atoms with Crippen LogP contribution in [0.15, 0.2) is 58.3 Å². The maximum absolute atomic E-state index is 13.4. The number of nitrogens with zero attached hydrogens (tertiary/aromatic N) is 3. The lowest BCUT2D eigenvalue weighted by Crippen LogP contribution is -2.20. The molecule has 0 aliphatic heterocycles. The minimum atomic E-state index is -0.495. The highest BCUT2D eigenvalue weighted by molar-refractivity contribution is 7.20. The number of rotatable bonds is 7. The van der Waals surface area contributed by atoms with Crippen molar-refractivity contribution in [2.24, 2.45) is 4.99 Å². The van der Waals surface area contributed by atoms with E-state index in [1.165, 1.54) is 23.1 Å². The molecule has 0 aliphatic carbocycles. The molecule has 10 heteroatoms. The summed E-state index contributed by atoms with van der Waals surface area (Å²) in [6.07, 6.45) is -0.131. The van der Waals surface area contributed by atoms with E-state index in [0.29, 0.717) is 27.8 Å². The van der Waals surface area contributed by atoms with E-state index in [2.05, 4.69) is 15.1 Å². The zero-order valence-electron chi connectivity index (χ0n) is 18.8. The van der Waals surface area contributed by atoms with Crippen LogP contribution in [0.2, 0.25) is 0 Å². The molecule has 174 valence electrons. The number of H-pyrrole nitrogens is 1. The number of esters is 2. The molecule has 4 rings (SSSR count). The third kappa shape index (κ3) is 4.67. The van der Waals surface area contributed by atoms with Gasteiger partial charge in [0.15, 0.2) is 0 Å². The fourth-order valence-corrected chi connectivity index (χ4v) is 4.35. The molecule has 1 N–H and O–H groups in total.